The highest BCUT2D eigenvalue weighted by atomic mass is 35.5. The minimum atomic E-state index is -0.387. The first-order valence-electron chi connectivity index (χ1n) is 6.80. The van der Waals surface area contributed by atoms with Crippen molar-refractivity contribution in [1.29, 1.82) is 0 Å². The summed E-state index contributed by atoms with van der Waals surface area (Å²) in [6.45, 7) is 2.74. The van der Waals surface area contributed by atoms with Crippen molar-refractivity contribution in [2.45, 2.75) is 32.4 Å². The van der Waals surface area contributed by atoms with Crippen molar-refractivity contribution in [1.82, 2.24) is 4.57 Å². The van der Waals surface area contributed by atoms with Crippen molar-refractivity contribution in [3.8, 4) is 5.75 Å². The summed E-state index contributed by atoms with van der Waals surface area (Å²) < 4.78 is 7.37. The Hall–Kier alpha value is -1.45. The molecule has 0 saturated heterocycles. The lowest BCUT2D eigenvalue weighted by molar-refractivity contribution is 0.166. The van der Waals surface area contributed by atoms with E-state index in [1.165, 1.54) is 0 Å². The molecule has 1 N–H and O–H groups in total. The van der Waals surface area contributed by atoms with E-state index in [0.717, 1.165) is 29.7 Å². The fraction of sp³-hybridized carbons (Fsp3) is 0.375. The lowest BCUT2D eigenvalue weighted by atomic mass is 10.1. The molecule has 2 rings (SSSR count). The van der Waals surface area contributed by atoms with Crippen LogP contribution in [0.15, 0.2) is 36.7 Å². The summed E-state index contributed by atoms with van der Waals surface area (Å²) in [7, 11) is 1.65. The van der Waals surface area contributed by atoms with Crippen LogP contribution in [-0.4, -0.2) is 16.8 Å². The van der Waals surface area contributed by atoms with Crippen molar-refractivity contribution in [2.75, 3.05) is 7.11 Å². The number of aromatic nitrogens is 1. The largest absolute Gasteiger partial charge is 0.496 e. The number of hydrogen-bond acceptors (Lipinski definition) is 2. The molecule has 0 aliphatic heterocycles. The molecular weight excluding hydrogens is 274 g/mol. The van der Waals surface area contributed by atoms with E-state index >= 15 is 0 Å². The van der Waals surface area contributed by atoms with Crippen LogP contribution in [-0.2, 0) is 6.54 Å². The predicted molar refractivity (Wildman–Crippen MR) is 81.4 cm³/mol. The molecule has 0 fully saturated rings. The van der Waals surface area contributed by atoms with Gasteiger partial charge in [0, 0.05) is 23.0 Å². The number of rotatable bonds is 6. The van der Waals surface area contributed by atoms with Gasteiger partial charge in [-0.25, -0.2) is 0 Å². The third-order valence-electron chi connectivity index (χ3n) is 3.32. The quantitative estimate of drug-likeness (QED) is 0.872. The Morgan fingerprint density at radius 3 is 2.85 bits per heavy atom. The van der Waals surface area contributed by atoms with Gasteiger partial charge in [0.15, 0.2) is 0 Å². The highest BCUT2D eigenvalue weighted by molar-refractivity contribution is 6.30. The zero-order valence-corrected chi connectivity index (χ0v) is 12.6. The number of methoxy groups -OCH3 is 1. The molecule has 3 nitrogen and oxygen atoms in total. The van der Waals surface area contributed by atoms with Crippen LogP contribution in [0.3, 0.4) is 0 Å². The van der Waals surface area contributed by atoms with Gasteiger partial charge in [-0.05, 0) is 36.2 Å². The molecule has 20 heavy (non-hydrogen) atoms. The molecule has 0 amide bonds. The second-order valence-electron chi connectivity index (χ2n) is 4.88. The summed E-state index contributed by atoms with van der Waals surface area (Å²) >= 11 is 6.03. The Labute approximate surface area is 124 Å². The van der Waals surface area contributed by atoms with E-state index in [0.29, 0.717) is 11.6 Å². The van der Waals surface area contributed by atoms with Gasteiger partial charge in [0.25, 0.3) is 0 Å². The lowest BCUT2D eigenvalue weighted by Gasteiger charge is -2.10. The Morgan fingerprint density at radius 2 is 2.15 bits per heavy atom. The number of aliphatic hydroxyl groups is 1. The second kappa shape index (κ2) is 6.82. The molecule has 1 heterocycles. The molecule has 4 heteroatoms. The Balaban J connectivity index is 2.16. The molecule has 0 aliphatic rings. The fourth-order valence-electron chi connectivity index (χ4n) is 2.26. The number of halogens is 1. The van der Waals surface area contributed by atoms with E-state index in [4.69, 9.17) is 16.3 Å². The van der Waals surface area contributed by atoms with Crippen LogP contribution in [0.2, 0.25) is 5.02 Å². The molecule has 0 bridgehead atoms. The predicted octanol–water partition coefficient (Wildman–Crippen LogP) is 4.03. The van der Waals surface area contributed by atoms with E-state index in [1.807, 2.05) is 41.2 Å². The summed E-state index contributed by atoms with van der Waals surface area (Å²) in [6.07, 6.45) is 5.30. The standard InChI is InChI=1S/C16H20ClNO2/c1-3-4-15(19)12-7-8-18(10-12)11-13-9-14(17)5-6-16(13)20-2/h5-10,15,19H,3-4,11H2,1-2H3. The first kappa shape index (κ1) is 14.9. The van der Waals surface area contributed by atoms with Crippen LogP contribution in [0.5, 0.6) is 5.75 Å². The maximum Gasteiger partial charge on any atom is 0.123 e. The minimum absolute atomic E-state index is 0.387. The Kier molecular flexibility index (Phi) is 5.10. The van der Waals surface area contributed by atoms with Crippen molar-refractivity contribution in [3.05, 3.63) is 52.8 Å². The van der Waals surface area contributed by atoms with Crippen LogP contribution in [0.1, 0.15) is 37.0 Å². The molecule has 0 radical (unpaired) electrons. The molecule has 1 atom stereocenters. The van der Waals surface area contributed by atoms with E-state index in [2.05, 4.69) is 6.92 Å². The van der Waals surface area contributed by atoms with Gasteiger partial charge in [0.2, 0.25) is 0 Å². The molecule has 0 saturated carbocycles. The van der Waals surface area contributed by atoms with Gasteiger partial charge in [-0.3, -0.25) is 0 Å². The number of aliphatic hydroxyl groups excluding tert-OH is 1. The number of benzene rings is 1. The van der Waals surface area contributed by atoms with Gasteiger partial charge < -0.3 is 14.4 Å². The first-order valence-corrected chi connectivity index (χ1v) is 7.18. The van der Waals surface area contributed by atoms with Crippen LogP contribution in [0, 0.1) is 0 Å². The van der Waals surface area contributed by atoms with Crippen LogP contribution >= 0.6 is 11.6 Å². The second-order valence-corrected chi connectivity index (χ2v) is 5.31. The normalized spacial score (nSPS) is 12.4. The van der Waals surface area contributed by atoms with Crippen molar-refractivity contribution >= 4 is 11.6 Å². The van der Waals surface area contributed by atoms with Gasteiger partial charge in [-0.15, -0.1) is 0 Å². The SMILES string of the molecule is CCCC(O)c1ccn(Cc2cc(Cl)ccc2OC)c1. The average Bonchev–Trinajstić information content (AvgIpc) is 2.88. The van der Waals surface area contributed by atoms with Crippen molar-refractivity contribution in [3.63, 3.8) is 0 Å². The third-order valence-corrected chi connectivity index (χ3v) is 3.55. The number of ether oxygens (including phenoxy) is 1. The minimum Gasteiger partial charge on any atom is -0.496 e. The van der Waals surface area contributed by atoms with Gasteiger partial charge in [-0.1, -0.05) is 24.9 Å². The van der Waals surface area contributed by atoms with Crippen molar-refractivity contribution < 1.29 is 9.84 Å². The number of hydrogen-bond donors (Lipinski definition) is 1. The zero-order valence-electron chi connectivity index (χ0n) is 11.8. The summed E-state index contributed by atoms with van der Waals surface area (Å²) in [5, 5.41) is 10.7. The van der Waals surface area contributed by atoms with Gasteiger partial charge in [0.05, 0.1) is 19.8 Å². The topological polar surface area (TPSA) is 34.4 Å². The third kappa shape index (κ3) is 3.56. The molecule has 0 aliphatic carbocycles. The summed E-state index contributed by atoms with van der Waals surface area (Å²) in [4.78, 5) is 0. The van der Waals surface area contributed by atoms with E-state index in [9.17, 15) is 5.11 Å². The van der Waals surface area contributed by atoms with E-state index in [1.54, 1.807) is 7.11 Å². The van der Waals surface area contributed by atoms with Crippen LogP contribution in [0.25, 0.3) is 0 Å². The molecule has 1 aromatic carbocycles. The van der Waals surface area contributed by atoms with E-state index < -0.39 is 0 Å². The highest BCUT2D eigenvalue weighted by Gasteiger charge is 2.09. The summed E-state index contributed by atoms with van der Waals surface area (Å²) in [5.74, 6) is 0.818. The monoisotopic (exact) mass is 293 g/mol. The molecule has 1 unspecified atom stereocenters. The molecule has 1 aromatic heterocycles. The summed E-state index contributed by atoms with van der Waals surface area (Å²) in [6, 6.07) is 7.55. The van der Waals surface area contributed by atoms with Gasteiger partial charge >= 0.3 is 0 Å². The lowest BCUT2D eigenvalue weighted by Crippen LogP contribution is -2.00. The maximum absolute atomic E-state index is 9.99. The van der Waals surface area contributed by atoms with Crippen LogP contribution < -0.4 is 4.74 Å². The smallest absolute Gasteiger partial charge is 0.123 e. The Bertz CT molecular complexity index is 565. The maximum atomic E-state index is 9.99. The van der Waals surface area contributed by atoms with E-state index in [-0.39, 0.29) is 6.10 Å². The first-order chi connectivity index (χ1) is 9.63. The zero-order chi connectivity index (χ0) is 14.5. The highest BCUT2D eigenvalue weighted by Crippen LogP contribution is 2.25. The Morgan fingerprint density at radius 1 is 1.35 bits per heavy atom. The average molecular weight is 294 g/mol. The van der Waals surface area contributed by atoms with Gasteiger partial charge in [0.1, 0.15) is 5.75 Å². The molecule has 0 spiro atoms. The van der Waals surface area contributed by atoms with Gasteiger partial charge in [-0.2, -0.15) is 0 Å². The molecule has 108 valence electrons. The molecular formula is C16H20ClNO2. The fourth-order valence-corrected chi connectivity index (χ4v) is 2.46. The number of nitrogens with zero attached hydrogens (tertiary/aromatic N) is 1. The summed E-state index contributed by atoms with van der Waals surface area (Å²) in [5.41, 5.74) is 1.97. The molecule has 2 aromatic rings. The van der Waals surface area contributed by atoms with Crippen molar-refractivity contribution in [2.24, 2.45) is 0 Å². The van der Waals surface area contributed by atoms with Crippen LogP contribution in [0.4, 0.5) is 0 Å².